The largest absolute Gasteiger partial charge is 0.497 e. The van der Waals surface area contributed by atoms with Crippen LogP contribution < -0.4 is 4.74 Å². The van der Waals surface area contributed by atoms with Crippen molar-refractivity contribution in [2.45, 2.75) is 5.75 Å². The SMILES string of the molecule is COC(=O)/C=C(/SCc1ccc(OC)cc1)c1ccccc1. The highest BCUT2D eigenvalue weighted by atomic mass is 32.2. The first-order chi connectivity index (χ1) is 10.7. The van der Waals surface area contributed by atoms with Crippen LogP contribution >= 0.6 is 11.8 Å². The van der Waals surface area contributed by atoms with E-state index < -0.39 is 0 Å². The molecule has 3 nitrogen and oxygen atoms in total. The number of benzene rings is 2. The fraction of sp³-hybridized carbons (Fsp3) is 0.167. The lowest BCUT2D eigenvalue weighted by atomic mass is 10.2. The minimum Gasteiger partial charge on any atom is -0.497 e. The molecule has 0 bridgehead atoms. The van der Waals surface area contributed by atoms with Crippen molar-refractivity contribution in [3.8, 4) is 5.75 Å². The maximum Gasteiger partial charge on any atom is 0.331 e. The zero-order valence-corrected chi connectivity index (χ0v) is 13.4. The molecular weight excluding hydrogens is 296 g/mol. The van der Waals surface area contributed by atoms with Gasteiger partial charge in [-0.05, 0) is 23.3 Å². The van der Waals surface area contributed by atoms with Crippen molar-refractivity contribution in [2.75, 3.05) is 14.2 Å². The van der Waals surface area contributed by atoms with Gasteiger partial charge in [0.15, 0.2) is 0 Å². The summed E-state index contributed by atoms with van der Waals surface area (Å²) in [5.74, 6) is 1.25. The zero-order valence-electron chi connectivity index (χ0n) is 12.6. The molecule has 0 amide bonds. The number of hydrogen-bond acceptors (Lipinski definition) is 4. The fourth-order valence-corrected chi connectivity index (χ4v) is 2.86. The van der Waals surface area contributed by atoms with E-state index in [1.165, 1.54) is 13.2 Å². The van der Waals surface area contributed by atoms with Gasteiger partial charge in [0.05, 0.1) is 14.2 Å². The van der Waals surface area contributed by atoms with Gasteiger partial charge >= 0.3 is 5.97 Å². The quantitative estimate of drug-likeness (QED) is 0.593. The summed E-state index contributed by atoms with van der Waals surface area (Å²) in [6.45, 7) is 0. The number of esters is 1. The highest BCUT2D eigenvalue weighted by molar-refractivity contribution is 8.07. The van der Waals surface area contributed by atoms with E-state index in [0.29, 0.717) is 0 Å². The summed E-state index contributed by atoms with van der Waals surface area (Å²) in [6.07, 6.45) is 1.53. The Hall–Kier alpha value is -2.20. The molecule has 114 valence electrons. The molecule has 0 fully saturated rings. The van der Waals surface area contributed by atoms with Gasteiger partial charge in [0.1, 0.15) is 5.75 Å². The summed E-state index contributed by atoms with van der Waals surface area (Å²) in [6, 6.07) is 17.7. The van der Waals surface area contributed by atoms with Gasteiger partial charge in [-0.1, -0.05) is 42.5 Å². The van der Waals surface area contributed by atoms with Crippen molar-refractivity contribution in [1.82, 2.24) is 0 Å². The average Bonchev–Trinajstić information content (AvgIpc) is 2.59. The number of hydrogen-bond donors (Lipinski definition) is 0. The predicted molar refractivity (Wildman–Crippen MR) is 90.7 cm³/mol. The summed E-state index contributed by atoms with van der Waals surface area (Å²) in [4.78, 5) is 12.5. The predicted octanol–water partition coefficient (Wildman–Crippen LogP) is 4.14. The number of carbonyl (C=O) groups excluding carboxylic acids is 1. The standard InChI is InChI=1S/C18H18O3S/c1-20-16-10-8-14(9-11-16)13-22-17(12-18(19)21-2)15-6-4-3-5-7-15/h3-12H,13H2,1-2H3/b17-12+. The molecule has 22 heavy (non-hydrogen) atoms. The van der Waals surface area contributed by atoms with Gasteiger partial charge in [0.25, 0.3) is 0 Å². The van der Waals surface area contributed by atoms with Gasteiger partial charge in [-0.15, -0.1) is 11.8 Å². The minimum absolute atomic E-state index is 0.346. The first-order valence-corrected chi connectivity index (χ1v) is 7.82. The zero-order chi connectivity index (χ0) is 15.8. The van der Waals surface area contributed by atoms with E-state index in [1.807, 2.05) is 54.6 Å². The Morgan fingerprint density at radius 2 is 1.73 bits per heavy atom. The molecule has 0 aromatic heterocycles. The van der Waals surface area contributed by atoms with Crippen molar-refractivity contribution in [1.29, 1.82) is 0 Å². The summed E-state index contributed by atoms with van der Waals surface area (Å²) >= 11 is 1.60. The Morgan fingerprint density at radius 3 is 2.32 bits per heavy atom. The third-order valence-electron chi connectivity index (χ3n) is 3.06. The van der Waals surface area contributed by atoms with Crippen LogP contribution in [0.5, 0.6) is 5.75 Å². The van der Waals surface area contributed by atoms with Crippen LogP contribution in [0.4, 0.5) is 0 Å². The third kappa shape index (κ3) is 4.67. The molecule has 0 radical (unpaired) electrons. The molecule has 0 aliphatic carbocycles. The molecular formula is C18H18O3S. The maximum absolute atomic E-state index is 11.6. The first kappa shape index (κ1) is 16.2. The van der Waals surface area contributed by atoms with Crippen LogP contribution in [0.25, 0.3) is 4.91 Å². The van der Waals surface area contributed by atoms with Crippen molar-refractivity contribution < 1.29 is 14.3 Å². The molecule has 2 rings (SSSR count). The van der Waals surface area contributed by atoms with E-state index in [2.05, 4.69) is 0 Å². The van der Waals surface area contributed by atoms with Crippen LogP contribution in [-0.4, -0.2) is 20.2 Å². The molecule has 0 atom stereocenters. The van der Waals surface area contributed by atoms with Crippen LogP contribution in [0.15, 0.2) is 60.7 Å². The van der Waals surface area contributed by atoms with Gasteiger partial charge in [-0.3, -0.25) is 0 Å². The minimum atomic E-state index is -0.346. The number of ether oxygens (including phenoxy) is 2. The number of rotatable bonds is 6. The molecule has 2 aromatic carbocycles. The second kappa shape index (κ2) is 8.29. The topological polar surface area (TPSA) is 35.5 Å². The molecule has 0 spiro atoms. The molecule has 2 aromatic rings. The number of thioether (sulfide) groups is 1. The lowest BCUT2D eigenvalue weighted by molar-refractivity contribution is -0.134. The highest BCUT2D eigenvalue weighted by Crippen LogP contribution is 2.30. The van der Waals surface area contributed by atoms with Crippen LogP contribution in [-0.2, 0) is 15.3 Å². The third-order valence-corrected chi connectivity index (χ3v) is 4.20. The smallest absolute Gasteiger partial charge is 0.331 e. The lowest BCUT2D eigenvalue weighted by Gasteiger charge is -2.08. The van der Waals surface area contributed by atoms with Crippen molar-refractivity contribution in [3.63, 3.8) is 0 Å². The van der Waals surface area contributed by atoms with E-state index in [1.54, 1.807) is 18.9 Å². The Labute approximate surface area is 135 Å². The Bertz CT molecular complexity index is 633. The van der Waals surface area contributed by atoms with Crippen LogP contribution in [0.1, 0.15) is 11.1 Å². The normalized spacial score (nSPS) is 11.1. The van der Waals surface area contributed by atoms with E-state index >= 15 is 0 Å². The lowest BCUT2D eigenvalue weighted by Crippen LogP contribution is -1.96. The molecule has 0 saturated heterocycles. The molecule has 0 aliphatic heterocycles. The second-order valence-corrected chi connectivity index (χ2v) is 5.55. The Kier molecular flexibility index (Phi) is 6.10. The summed E-state index contributed by atoms with van der Waals surface area (Å²) < 4.78 is 9.89. The molecule has 0 N–H and O–H groups in total. The van der Waals surface area contributed by atoms with Gasteiger partial charge in [-0.25, -0.2) is 4.79 Å². The summed E-state index contributed by atoms with van der Waals surface area (Å²) in [5, 5.41) is 0. The van der Waals surface area contributed by atoms with E-state index in [9.17, 15) is 4.79 Å². The van der Waals surface area contributed by atoms with Crippen LogP contribution in [0.3, 0.4) is 0 Å². The van der Waals surface area contributed by atoms with Gasteiger partial charge in [0.2, 0.25) is 0 Å². The fourth-order valence-electron chi connectivity index (χ4n) is 1.86. The molecule has 4 heteroatoms. The Morgan fingerprint density at radius 1 is 1.05 bits per heavy atom. The maximum atomic E-state index is 11.6. The van der Waals surface area contributed by atoms with E-state index in [4.69, 9.17) is 9.47 Å². The molecule has 0 saturated carbocycles. The highest BCUT2D eigenvalue weighted by Gasteiger charge is 2.06. The molecule has 0 heterocycles. The van der Waals surface area contributed by atoms with Gasteiger partial charge < -0.3 is 9.47 Å². The van der Waals surface area contributed by atoms with Gasteiger partial charge in [-0.2, -0.15) is 0 Å². The number of carbonyl (C=O) groups is 1. The average molecular weight is 314 g/mol. The van der Waals surface area contributed by atoms with Crippen LogP contribution in [0.2, 0.25) is 0 Å². The van der Waals surface area contributed by atoms with Crippen molar-refractivity contribution >= 4 is 22.6 Å². The van der Waals surface area contributed by atoms with Crippen molar-refractivity contribution in [2.24, 2.45) is 0 Å². The van der Waals surface area contributed by atoms with Crippen LogP contribution in [0, 0.1) is 0 Å². The summed E-state index contributed by atoms with van der Waals surface area (Å²) in [5.41, 5.74) is 2.17. The monoisotopic (exact) mass is 314 g/mol. The van der Waals surface area contributed by atoms with Crippen molar-refractivity contribution in [3.05, 3.63) is 71.8 Å². The molecule has 0 aliphatic rings. The first-order valence-electron chi connectivity index (χ1n) is 6.83. The molecule has 0 unspecified atom stereocenters. The summed E-state index contributed by atoms with van der Waals surface area (Å²) in [7, 11) is 3.03. The van der Waals surface area contributed by atoms with E-state index in [0.717, 1.165) is 27.5 Å². The number of methoxy groups -OCH3 is 2. The second-order valence-electron chi connectivity index (χ2n) is 4.53. The van der Waals surface area contributed by atoms with Gasteiger partial charge in [0, 0.05) is 16.7 Å². The van der Waals surface area contributed by atoms with E-state index in [-0.39, 0.29) is 5.97 Å². The Balaban J connectivity index is 2.12.